The third kappa shape index (κ3) is 4.00. The molecule has 5 nitrogen and oxygen atoms in total. The molecule has 1 heterocycles. The van der Waals surface area contributed by atoms with Gasteiger partial charge in [0.05, 0.1) is 7.11 Å². The third-order valence-corrected chi connectivity index (χ3v) is 3.91. The summed E-state index contributed by atoms with van der Waals surface area (Å²) in [6, 6.07) is 7.35. The van der Waals surface area contributed by atoms with E-state index in [-0.39, 0.29) is 12.0 Å². The van der Waals surface area contributed by atoms with Gasteiger partial charge in [0.25, 0.3) is 0 Å². The first-order chi connectivity index (χ1) is 10.5. The minimum absolute atomic E-state index is 0.203. The van der Waals surface area contributed by atoms with Gasteiger partial charge in [-0.15, -0.1) is 0 Å². The van der Waals surface area contributed by atoms with Gasteiger partial charge in [-0.2, -0.15) is 0 Å². The highest BCUT2D eigenvalue weighted by atomic mass is 16.5. The number of hydrogen-bond acceptors (Lipinski definition) is 3. The molecule has 22 heavy (non-hydrogen) atoms. The molecular weight excluding hydrogens is 280 g/mol. The number of carbonyl (C=O) groups is 2. The number of esters is 1. The second-order valence-corrected chi connectivity index (χ2v) is 6.10. The number of nitrogens with zero attached hydrogens (tertiary/aromatic N) is 1. The lowest BCUT2D eigenvalue weighted by Gasteiger charge is -2.30. The fourth-order valence-corrected chi connectivity index (χ4v) is 2.74. The number of urea groups is 1. The topological polar surface area (TPSA) is 58.6 Å². The van der Waals surface area contributed by atoms with Crippen molar-refractivity contribution in [3.05, 3.63) is 35.4 Å². The Hall–Kier alpha value is -2.04. The van der Waals surface area contributed by atoms with Gasteiger partial charge in [-0.05, 0) is 29.9 Å². The Morgan fingerprint density at radius 2 is 1.95 bits per heavy atom. The number of benzene rings is 1. The Bertz CT molecular complexity index is 542. The summed E-state index contributed by atoms with van der Waals surface area (Å²) in [7, 11) is 1.35. The zero-order chi connectivity index (χ0) is 16.1. The maximum Gasteiger partial charge on any atom is 0.328 e. The molecule has 1 aliphatic heterocycles. The van der Waals surface area contributed by atoms with E-state index in [1.807, 2.05) is 32.0 Å². The number of methoxy groups -OCH3 is 1. The average Bonchev–Trinajstić information content (AvgIpc) is 2.52. The molecule has 1 atom stereocenters. The van der Waals surface area contributed by atoms with Gasteiger partial charge in [0.1, 0.15) is 6.04 Å². The standard InChI is InChI=1S/C17H24N2O3/c1-12(2)10-15(16(20)22-3)18-17(21)19-9-8-13-6-4-5-7-14(13)11-19/h4-7,12,15H,8-11H2,1-3H3,(H,18,21)/t15-/m0/s1. The second kappa shape index (κ2) is 7.29. The first-order valence-corrected chi connectivity index (χ1v) is 7.71. The highest BCUT2D eigenvalue weighted by Gasteiger charge is 2.26. The van der Waals surface area contributed by atoms with Crippen LogP contribution in [0.25, 0.3) is 0 Å². The van der Waals surface area contributed by atoms with E-state index < -0.39 is 6.04 Å². The van der Waals surface area contributed by atoms with Crippen molar-refractivity contribution in [3.63, 3.8) is 0 Å². The quantitative estimate of drug-likeness (QED) is 0.869. The summed E-state index contributed by atoms with van der Waals surface area (Å²) in [5, 5.41) is 2.81. The molecular formula is C17H24N2O3. The van der Waals surface area contributed by atoms with Gasteiger partial charge in [0, 0.05) is 13.1 Å². The number of carbonyl (C=O) groups excluding carboxylic acids is 2. The van der Waals surface area contributed by atoms with E-state index in [1.54, 1.807) is 4.90 Å². The van der Waals surface area contributed by atoms with Crippen LogP contribution in [-0.2, 0) is 22.5 Å². The van der Waals surface area contributed by atoms with Crippen LogP contribution < -0.4 is 5.32 Å². The SMILES string of the molecule is COC(=O)[C@H](CC(C)C)NC(=O)N1CCc2ccccc2C1. The summed E-state index contributed by atoms with van der Waals surface area (Å²) in [4.78, 5) is 26.0. The summed E-state index contributed by atoms with van der Waals surface area (Å²) in [6.07, 6.45) is 1.42. The molecule has 1 aliphatic rings. The van der Waals surface area contributed by atoms with Crippen molar-refractivity contribution in [2.75, 3.05) is 13.7 Å². The molecule has 1 N–H and O–H groups in total. The first kappa shape index (κ1) is 16.3. The van der Waals surface area contributed by atoms with Gasteiger partial charge in [0.2, 0.25) is 0 Å². The third-order valence-electron chi connectivity index (χ3n) is 3.91. The van der Waals surface area contributed by atoms with Crippen molar-refractivity contribution in [2.45, 2.75) is 39.3 Å². The molecule has 0 unspecified atom stereocenters. The van der Waals surface area contributed by atoms with Crippen LogP contribution in [0.5, 0.6) is 0 Å². The van der Waals surface area contributed by atoms with Gasteiger partial charge in [-0.3, -0.25) is 0 Å². The van der Waals surface area contributed by atoms with Crippen LogP contribution in [0.1, 0.15) is 31.4 Å². The molecule has 0 radical (unpaired) electrons. The molecule has 0 bridgehead atoms. The van der Waals surface area contributed by atoms with E-state index in [4.69, 9.17) is 4.74 Å². The maximum absolute atomic E-state index is 12.4. The molecule has 1 aromatic rings. The number of amides is 2. The normalized spacial score (nSPS) is 15.2. The second-order valence-electron chi connectivity index (χ2n) is 6.10. The average molecular weight is 304 g/mol. The van der Waals surface area contributed by atoms with Crippen LogP contribution in [-0.4, -0.2) is 36.6 Å². The summed E-state index contributed by atoms with van der Waals surface area (Å²) in [5.41, 5.74) is 2.46. The van der Waals surface area contributed by atoms with Gasteiger partial charge < -0.3 is 15.0 Å². The number of fused-ring (bicyclic) bond motifs is 1. The van der Waals surface area contributed by atoms with E-state index in [0.29, 0.717) is 25.4 Å². The number of nitrogens with one attached hydrogen (secondary N) is 1. The van der Waals surface area contributed by atoms with E-state index in [2.05, 4.69) is 11.4 Å². The highest BCUT2D eigenvalue weighted by Crippen LogP contribution is 2.18. The van der Waals surface area contributed by atoms with E-state index in [9.17, 15) is 9.59 Å². The van der Waals surface area contributed by atoms with Crippen LogP contribution in [0.3, 0.4) is 0 Å². The summed E-state index contributed by atoms with van der Waals surface area (Å²) >= 11 is 0. The zero-order valence-electron chi connectivity index (χ0n) is 13.5. The summed E-state index contributed by atoms with van der Waals surface area (Å²) in [5.74, 6) is -0.0917. The van der Waals surface area contributed by atoms with Crippen LogP contribution in [0.2, 0.25) is 0 Å². The lowest BCUT2D eigenvalue weighted by atomic mass is 10.00. The molecule has 120 valence electrons. The molecule has 0 aliphatic carbocycles. The molecule has 0 spiro atoms. The zero-order valence-corrected chi connectivity index (χ0v) is 13.5. The number of ether oxygens (including phenoxy) is 1. The Morgan fingerprint density at radius 1 is 1.27 bits per heavy atom. The fraction of sp³-hybridized carbons (Fsp3) is 0.529. The Kier molecular flexibility index (Phi) is 5.41. The number of hydrogen-bond donors (Lipinski definition) is 1. The Balaban J connectivity index is 2.00. The van der Waals surface area contributed by atoms with Crippen molar-refractivity contribution < 1.29 is 14.3 Å². The highest BCUT2D eigenvalue weighted by molar-refractivity contribution is 5.83. The van der Waals surface area contributed by atoms with Crippen LogP contribution in [0.15, 0.2) is 24.3 Å². The van der Waals surface area contributed by atoms with E-state index in [1.165, 1.54) is 18.2 Å². The molecule has 1 aromatic carbocycles. The van der Waals surface area contributed by atoms with Crippen molar-refractivity contribution >= 4 is 12.0 Å². The minimum Gasteiger partial charge on any atom is -0.467 e. The van der Waals surface area contributed by atoms with Crippen LogP contribution >= 0.6 is 0 Å². The molecule has 0 saturated carbocycles. The lowest BCUT2D eigenvalue weighted by Crippen LogP contribution is -2.50. The molecule has 0 fully saturated rings. The minimum atomic E-state index is -0.588. The van der Waals surface area contributed by atoms with Crippen LogP contribution in [0, 0.1) is 5.92 Å². The van der Waals surface area contributed by atoms with Gasteiger partial charge in [0.15, 0.2) is 0 Å². The number of rotatable bonds is 4. The predicted molar refractivity (Wildman–Crippen MR) is 84.3 cm³/mol. The summed E-state index contributed by atoms with van der Waals surface area (Å²) in [6.45, 7) is 5.27. The van der Waals surface area contributed by atoms with Crippen molar-refractivity contribution in [2.24, 2.45) is 5.92 Å². The van der Waals surface area contributed by atoms with Crippen molar-refractivity contribution in [3.8, 4) is 0 Å². The van der Waals surface area contributed by atoms with E-state index in [0.717, 1.165) is 6.42 Å². The summed E-state index contributed by atoms with van der Waals surface area (Å²) < 4.78 is 4.79. The largest absolute Gasteiger partial charge is 0.467 e. The molecule has 2 amide bonds. The molecule has 5 heteroatoms. The Labute approximate surface area is 131 Å². The Morgan fingerprint density at radius 3 is 2.59 bits per heavy atom. The molecule has 0 saturated heterocycles. The van der Waals surface area contributed by atoms with Crippen molar-refractivity contribution in [1.82, 2.24) is 10.2 Å². The first-order valence-electron chi connectivity index (χ1n) is 7.71. The monoisotopic (exact) mass is 304 g/mol. The molecule has 0 aromatic heterocycles. The molecule has 2 rings (SSSR count). The smallest absolute Gasteiger partial charge is 0.328 e. The van der Waals surface area contributed by atoms with Crippen molar-refractivity contribution in [1.29, 1.82) is 0 Å². The lowest BCUT2D eigenvalue weighted by molar-refractivity contribution is -0.143. The van der Waals surface area contributed by atoms with Gasteiger partial charge >= 0.3 is 12.0 Å². The van der Waals surface area contributed by atoms with Gasteiger partial charge in [-0.1, -0.05) is 38.1 Å². The maximum atomic E-state index is 12.4. The predicted octanol–water partition coefficient (Wildman–Crippen LogP) is 2.34. The van der Waals surface area contributed by atoms with Gasteiger partial charge in [-0.25, -0.2) is 9.59 Å². The van der Waals surface area contributed by atoms with E-state index >= 15 is 0 Å². The fourth-order valence-electron chi connectivity index (χ4n) is 2.74. The van der Waals surface area contributed by atoms with Crippen LogP contribution in [0.4, 0.5) is 4.79 Å².